The Hall–Kier alpha value is -10.5. The molecule has 92 heavy (non-hydrogen) atoms. The van der Waals surface area contributed by atoms with Gasteiger partial charge < -0.3 is 0 Å². The molecule has 0 unspecified atom stereocenters. The zero-order chi connectivity index (χ0) is 62.3. The summed E-state index contributed by atoms with van der Waals surface area (Å²) < 4.78 is 17.7. The molecule has 0 bridgehead atoms. The summed E-state index contributed by atoms with van der Waals surface area (Å²) in [4.78, 5) is 7.55. The molecule has 0 saturated carbocycles. The summed E-state index contributed by atoms with van der Waals surface area (Å²) in [6.07, 6.45) is 1.95. The summed E-state index contributed by atoms with van der Waals surface area (Å²) in [5.41, 5.74) is 13.6. The molecule has 0 spiro atoms. The van der Waals surface area contributed by atoms with Crippen LogP contribution in [-0.2, 0) is 17.5 Å². The van der Waals surface area contributed by atoms with Gasteiger partial charge in [-0.3, -0.25) is 4.57 Å². The molecule has 15 aromatic rings. The Morgan fingerprint density at radius 1 is 0.370 bits per heavy atom. The van der Waals surface area contributed by atoms with E-state index in [1.165, 1.54) is 99.7 Å². The van der Waals surface area contributed by atoms with Gasteiger partial charge in [0.2, 0.25) is 0 Å². The SMILES string of the molecule is CC(C)(C)c1cc(-c2cccc3c4ccccc4c4ccccc4c4cccc5c4n(c23)CN5c2cccc(Oc3ccc4c5c(-c6ccccc6)cccc5n(-c5cc(C(C)(C)C)ccn5)c4c3)c2)c[c]([Ge]([c]2ccccc2)([c]2ccccc2)[c]2ccccc2)c1. The molecule has 1 aliphatic heterocycles. The number of rotatable bonds is 10. The Balaban J connectivity index is 0.907. The van der Waals surface area contributed by atoms with Crippen LogP contribution in [0, 0.1) is 0 Å². The summed E-state index contributed by atoms with van der Waals surface area (Å²) in [7, 11) is 0. The molecule has 0 fully saturated rings. The van der Waals surface area contributed by atoms with Gasteiger partial charge >= 0.3 is 373 Å². The standard InChI is InChI=1S/C86H70GeN4O/c1-85(2,3)60-49-50-88-81(54-60)91-78-45-25-41-69(58-27-11-7-12-28-58)82(78)77-48-47-68(56-80(77)91)92-67-36-23-35-66(55-67)89-57-90-83-70(42-24-43-75(83)73-39-21-19-37-71(73)72-38-20-22-40-74(72)76-44-26-46-79(89)84(76)90)59-51-61(86(4,5)6)53-65(52-59)87(62-29-13-8-14-30-62,63-31-15-9-16-32-63)64-33-17-10-18-34-64/h7-56H,57H2,1-6H3. The molecule has 0 aliphatic carbocycles. The van der Waals surface area contributed by atoms with E-state index in [1.807, 2.05) is 6.20 Å². The number of hydrogen-bond acceptors (Lipinski definition) is 3. The predicted octanol–water partition coefficient (Wildman–Crippen LogP) is 19.9. The summed E-state index contributed by atoms with van der Waals surface area (Å²) >= 11 is -3.82. The van der Waals surface area contributed by atoms with Gasteiger partial charge in [0, 0.05) is 23.0 Å². The number of hydrogen-bond donors (Lipinski definition) is 0. The number of fused-ring (bicyclic) bond motifs is 10. The maximum atomic E-state index is 7.12. The summed E-state index contributed by atoms with van der Waals surface area (Å²) in [6.45, 7) is 14.4. The van der Waals surface area contributed by atoms with Crippen LogP contribution in [0.1, 0.15) is 52.7 Å². The number of para-hydroxylation sites is 2. The maximum absolute atomic E-state index is 7.12. The Labute approximate surface area is 540 Å². The van der Waals surface area contributed by atoms with Gasteiger partial charge in [-0.25, -0.2) is 4.98 Å². The van der Waals surface area contributed by atoms with Crippen molar-refractivity contribution in [1.29, 1.82) is 0 Å². The fourth-order valence-electron chi connectivity index (χ4n) is 14.7. The van der Waals surface area contributed by atoms with Crippen LogP contribution in [0.2, 0.25) is 0 Å². The van der Waals surface area contributed by atoms with E-state index in [4.69, 9.17) is 9.72 Å². The van der Waals surface area contributed by atoms with Gasteiger partial charge in [0.05, 0.1) is 11.0 Å². The van der Waals surface area contributed by atoms with Crippen molar-refractivity contribution >= 4 is 107 Å². The molecule has 6 heteroatoms. The van der Waals surface area contributed by atoms with Gasteiger partial charge in [-0.05, 0) is 52.4 Å². The zero-order valence-corrected chi connectivity index (χ0v) is 54.9. The predicted molar refractivity (Wildman–Crippen MR) is 391 cm³/mol. The molecule has 12 aromatic carbocycles. The van der Waals surface area contributed by atoms with Crippen molar-refractivity contribution in [3.63, 3.8) is 0 Å². The summed E-state index contributed by atoms with van der Waals surface area (Å²) in [5, 5.41) is 9.49. The second-order valence-corrected chi connectivity index (χ2v) is 34.7. The number of benzene rings is 12. The Bertz CT molecular complexity index is 5330. The van der Waals surface area contributed by atoms with Crippen LogP contribution in [0.15, 0.2) is 303 Å². The molecule has 3 aromatic heterocycles. The Kier molecular flexibility index (Phi) is 13.9. The fourth-order valence-corrected chi connectivity index (χ4v) is 24.8. The average Bonchev–Trinajstić information content (AvgIpc) is 1.33. The van der Waals surface area contributed by atoms with Crippen molar-refractivity contribution in [3.05, 3.63) is 315 Å². The molecule has 5 nitrogen and oxygen atoms in total. The van der Waals surface area contributed by atoms with Gasteiger partial charge in [0.25, 0.3) is 0 Å². The minimum absolute atomic E-state index is 0.0671. The zero-order valence-electron chi connectivity index (χ0n) is 52.8. The van der Waals surface area contributed by atoms with Crippen LogP contribution in [0.25, 0.3) is 93.2 Å². The van der Waals surface area contributed by atoms with E-state index in [0.29, 0.717) is 6.67 Å². The monoisotopic (exact) mass is 1250 g/mol. The first-order valence-electron chi connectivity index (χ1n) is 32.1. The first-order chi connectivity index (χ1) is 44.9. The Morgan fingerprint density at radius 2 is 0.902 bits per heavy atom. The third kappa shape index (κ3) is 9.56. The molecule has 0 N–H and O–H groups in total. The molecule has 0 atom stereocenters. The van der Waals surface area contributed by atoms with E-state index in [9.17, 15) is 0 Å². The van der Waals surface area contributed by atoms with E-state index in [0.717, 1.165) is 45.1 Å². The summed E-state index contributed by atoms with van der Waals surface area (Å²) in [6, 6.07) is 111. The van der Waals surface area contributed by atoms with E-state index >= 15 is 0 Å². The molecule has 1 aliphatic rings. The van der Waals surface area contributed by atoms with Gasteiger partial charge in [-0.1, -0.05) is 63.2 Å². The van der Waals surface area contributed by atoms with Crippen molar-refractivity contribution in [3.8, 4) is 39.6 Å². The number of aromatic nitrogens is 3. The van der Waals surface area contributed by atoms with E-state index in [1.54, 1.807) is 0 Å². The molecule has 0 saturated heterocycles. The van der Waals surface area contributed by atoms with Crippen LogP contribution >= 0.6 is 0 Å². The molecular weight excluding hydrogens is 1180 g/mol. The molecule has 4 heterocycles. The van der Waals surface area contributed by atoms with Crippen LogP contribution in [0.3, 0.4) is 0 Å². The van der Waals surface area contributed by atoms with Crippen LogP contribution < -0.4 is 27.2 Å². The number of anilines is 2. The van der Waals surface area contributed by atoms with E-state index in [2.05, 4.69) is 353 Å². The average molecular weight is 1250 g/mol. The second-order valence-electron chi connectivity index (χ2n) is 26.7. The topological polar surface area (TPSA) is 35.2 Å². The molecule has 444 valence electrons. The summed E-state index contributed by atoms with van der Waals surface area (Å²) in [5.74, 6) is 2.36. The van der Waals surface area contributed by atoms with Crippen LogP contribution in [0.5, 0.6) is 11.5 Å². The van der Waals surface area contributed by atoms with Crippen molar-refractivity contribution in [2.24, 2.45) is 0 Å². The Morgan fingerprint density at radius 3 is 1.53 bits per heavy atom. The fraction of sp³-hybridized carbons (Fsp3) is 0.105. The van der Waals surface area contributed by atoms with Gasteiger partial charge in [0.15, 0.2) is 0 Å². The van der Waals surface area contributed by atoms with Crippen molar-refractivity contribution in [2.45, 2.75) is 59.0 Å². The first kappa shape index (κ1) is 56.7. The molecule has 0 amide bonds. The van der Waals surface area contributed by atoms with E-state index < -0.39 is 13.3 Å². The third-order valence-electron chi connectivity index (χ3n) is 19.1. The third-order valence-corrected chi connectivity index (χ3v) is 29.1. The van der Waals surface area contributed by atoms with Gasteiger partial charge in [-0.15, -0.1) is 0 Å². The molecule has 16 rings (SSSR count). The van der Waals surface area contributed by atoms with Crippen molar-refractivity contribution in [1.82, 2.24) is 14.1 Å². The van der Waals surface area contributed by atoms with Gasteiger partial charge in [0.1, 0.15) is 11.6 Å². The number of ether oxygens (including phenoxy) is 1. The first-order valence-corrected chi connectivity index (χ1v) is 36.3. The van der Waals surface area contributed by atoms with Crippen molar-refractivity contribution < 1.29 is 4.74 Å². The normalized spacial score (nSPS) is 12.6. The van der Waals surface area contributed by atoms with E-state index in [-0.39, 0.29) is 10.8 Å². The number of pyridine rings is 1. The number of nitrogens with zero attached hydrogens (tertiary/aromatic N) is 4. The quantitative estimate of drug-likeness (QED) is 0.128. The molecular formula is C86H70GeN4O. The van der Waals surface area contributed by atoms with Gasteiger partial charge in [-0.2, -0.15) is 0 Å². The second kappa shape index (κ2) is 22.5. The van der Waals surface area contributed by atoms with Crippen molar-refractivity contribution in [2.75, 3.05) is 4.90 Å². The minimum atomic E-state index is -3.82. The van der Waals surface area contributed by atoms with Crippen LogP contribution in [-0.4, -0.2) is 27.4 Å². The molecule has 0 radical (unpaired) electrons. The van der Waals surface area contributed by atoms with Crippen LogP contribution in [0.4, 0.5) is 11.4 Å².